The summed E-state index contributed by atoms with van der Waals surface area (Å²) in [4.78, 5) is 13.1. The number of aromatic nitrogens is 2. The first-order chi connectivity index (χ1) is 14.4. The maximum Gasteiger partial charge on any atom is 0.144 e. The van der Waals surface area contributed by atoms with Crippen LogP contribution in [0.1, 0.15) is 39.3 Å². The number of nitrogens with zero attached hydrogens (tertiary/aromatic N) is 3. The van der Waals surface area contributed by atoms with Crippen molar-refractivity contribution in [3.05, 3.63) is 54.2 Å². The molecule has 3 rings (SSSR count). The van der Waals surface area contributed by atoms with Gasteiger partial charge in [0.1, 0.15) is 22.9 Å². The van der Waals surface area contributed by atoms with Crippen molar-refractivity contribution in [2.75, 3.05) is 25.6 Å². The van der Waals surface area contributed by atoms with Crippen molar-refractivity contribution in [1.29, 1.82) is 0 Å². The number of allylic oxidation sites excluding steroid dienone is 2. The summed E-state index contributed by atoms with van der Waals surface area (Å²) in [6, 6.07) is 7.29. The molecule has 1 aliphatic heterocycles. The van der Waals surface area contributed by atoms with Crippen LogP contribution < -0.4 is 10.1 Å². The van der Waals surface area contributed by atoms with E-state index in [1.165, 1.54) is 0 Å². The fraction of sp³-hybridized carbons (Fsp3) is 0.435. The molecule has 7 heteroatoms. The summed E-state index contributed by atoms with van der Waals surface area (Å²) in [7, 11) is 1.81. The molecule has 2 N–H and O–H groups in total. The fourth-order valence-electron chi connectivity index (χ4n) is 3.38. The maximum absolute atomic E-state index is 10.2. The predicted octanol–water partition coefficient (Wildman–Crippen LogP) is 4.23. The summed E-state index contributed by atoms with van der Waals surface area (Å²) in [5.41, 5.74) is 1.32. The van der Waals surface area contributed by atoms with E-state index in [-0.39, 0.29) is 0 Å². The minimum absolute atomic E-state index is 0.339. The number of aliphatic hydroxyl groups is 1. The van der Waals surface area contributed by atoms with Gasteiger partial charge in [-0.2, -0.15) is 0 Å². The molecule has 0 amide bonds. The number of rotatable bonds is 7. The van der Waals surface area contributed by atoms with Crippen molar-refractivity contribution < 1.29 is 14.6 Å². The molecule has 160 valence electrons. The van der Waals surface area contributed by atoms with Crippen LogP contribution in [0.15, 0.2) is 53.5 Å². The van der Waals surface area contributed by atoms with Gasteiger partial charge in [0.05, 0.1) is 11.4 Å². The third-order valence-corrected chi connectivity index (χ3v) is 4.98. The van der Waals surface area contributed by atoms with Gasteiger partial charge in [-0.1, -0.05) is 0 Å². The third-order valence-electron chi connectivity index (χ3n) is 4.98. The van der Waals surface area contributed by atoms with Crippen LogP contribution in [0.25, 0.3) is 0 Å². The highest BCUT2D eigenvalue weighted by atomic mass is 16.5. The van der Waals surface area contributed by atoms with Crippen molar-refractivity contribution in [3.8, 4) is 5.75 Å². The zero-order valence-corrected chi connectivity index (χ0v) is 18.1. The monoisotopic (exact) mass is 410 g/mol. The first-order valence-corrected chi connectivity index (χ1v) is 10.2. The van der Waals surface area contributed by atoms with E-state index >= 15 is 0 Å². The summed E-state index contributed by atoms with van der Waals surface area (Å²) in [5.74, 6) is 2.41. The molecule has 0 aliphatic carbocycles. The van der Waals surface area contributed by atoms with Crippen LogP contribution in [-0.4, -0.2) is 41.0 Å². The van der Waals surface area contributed by atoms with Crippen LogP contribution in [0.5, 0.6) is 5.75 Å². The molecule has 1 aliphatic rings. The van der Waals surface area contributed by atoms with Gasteiger partial charge in [0, 0.05) is 50.3 Å². The summed E-state index contributed by atoms with van der Waals surface area (Å²) in [5, 5.41) is 13.4. The Morgan fingerprint density at radius 3 is 2.63 bits per heavy atom. The Kier molecular flexibility index (Phi) is 7.18. The lowest BCUT2D eigenvalue weighted by Crippen LogP contribution is -2.26. The van der Waals surface area contributed by atoms with E-state index in [0.29, 0.717) is 23.2 Å². The topological polar surface area (TPSA) is 88.9 Å². The van der Waals surface area contributed by atoms with E-state index in [4.69, 9.17) is 9.47 Å². The van der Waals surface area contributed by atoms with Crippen LogP contribution in [0.4, 0.5) is 11.5 Å². The lowest BCUT2D eigenvalue weighted by molar-refractivity contribution is 0.0739. The largest absolute Gasteiger partial charge is 0.456 e. The van der Waals surface area contributed by atoms with Gasteiger partial charge in [-0.3, -0.25) is 9.98 Å². The van der Waals surface area contributed by atoms with Crippen LogP contribution >= 0.6 is 0 Å². The second-order valence-corrected chi connectivity index (χ2v) is 7.74. The van der Waals surface area contributed by atoms with Crippen molar-refractivity contribution >= 4 is 17.2 Å². The number of nitrogens with one attached hydrogen (secondary N) is 1. The van der Waals surface area contributed by atoms with Crippen molar-refractivity contribution in [3.63, 3.8) is 0 Å². The molecule has 0 unspecified atom stereocenters. The lowest BCUT2D eigenvalue weighted by atomic mass is 9.93. The summed E-state index contributed by atoms with van der Waals surface area (Å²) in [6.07, 6.45) is 7.19. The molecular formula is C23H30N4O3. The summed E-state index contributed by atoms with van der Waals surface area (Å²) >= 11 is 0. The van der Waals surface area contributed by atoms with E-state index in [2.05, 4.69) is 20.3 Å². The molecule has 0 atom stereocenters. The van der Waals surface area contributed by atoms with Gasteiger partial charge in [0.15, 0.2) is 0 Å². The Hall–Kier alpha value is -2.77. The van der Waals surface area contributed by atoms with E-state index in [0.717, 1.165) is 43.2 Å². The highest BCUT2D eigenvalue weighted by Crippen LogP contribution is 2.26. The van der Waals surface area contributed by atoms with Gasteiger partial charge >= 0.3 is 0 Å². The highest BCUT2D eigenvalue weighted by molar-refractivity contribution is 6.00. The molecule has 0 spiro atoms. The molecule has 1 fully saturated rings. The van der Waals surface area contributed by atoms with Crippen LogP contribution in [0.2, 0.25) is 0 Å². The minimum Gasteiger partial charge on any atom is -0.456 e. The average Bonchev–Trinajstić information content (AvgIpc) is 2.74. The van der Waals surface area contributed by atoms with Crippen molar-refractivity contribution in [2.24, 2.45) is 10.9 Å². The third kappa shape index (κ3) is 5.64. The zero-order chi connectivity index (χ0) is 21.6. The second-order valence-electron chi connectivity index (χ2n) is 7.74. The minimum atomic E-state index is -1.02. The van der Waals surface area contributed by atoms with Crippen LogP contribution in [0, 0.1) is 5.92 Å². The molecule has 3 heterocycles. The molecule has 0 saturated carbocycles. The molecule has 30 heavy (non-hydrogen) atoms. The van der Waals surface area contributed by atoms with Crippen LogP contribution in [-0.2, 0) is 10.3 Å². The van der Waals surface area contributed by atoms with Crippen LogP contribution in [0.3, 0.4) is 0 Å². The Morgan fingerprint density at radius 2 is 1.97 bits per heavy atom. The number of ether oxygens (including phenoxy) is 2. The number of hydrogen-bond donors (Lipinski definition) is 2. The van der Waals surface area contributed by atoms with Gasteiger partial charge in [0.2, 0.25) is 0 Å². The molecule has 0 radical (unpaired) electrons. The molecule has 0 aromatic carbocycles. The SMILES string of the molecule is C/C=C(/Oc1ccnc(Nc2ccnc(C(C)(C)O)c2)c1)C(=NC)C1CCOCC1. The molecule has 7 nitrogen and oxygen atoms in total. The summed E-state index contributed by atoms with van der Waals surface area (Å²) in [6.45, 7) is 6.87. The smallest absolute Gasteiger partial charge is 0.144 e. The first-order valence-electron chi connectivity index (χ1n) is 10.2. The van der Waals surface area contributed by atoms with Gasteiger partial charge in [-0.15, -0.1) is 0 Å². The van der Waals surface area contributed by atoms with Crippen molar-refractivity contribution in [1.82, 2.24) is 9.97 Å². The number of anilines is 2. The van der Waals surface area contributed by atoms with Gasteiger partial charge in [-0.25, -0.2) is 4.98 Å². The van der Waals surface area contributed by atoms with E-state index in [1.807, 2.05) is 31.2 Å². The first kappa shape index (κ1) is 21.9. The molecular weight excluding hydrogens is 380 g/mol. The zero-order valence-electron chi connectivity index (χ0n) is 18.1. The molecule has 2 aromatic heterocycles. The van der Waals surface area contributed by atoms with Gasteiger partial charge in [-0.05, 0) is 57.9 Å². The Bertz CT molecular complexity index is 913. The summed E-state index contributed by atoms with van der Waals surface area (Å²) < 4.78 is 11.7. The van der Waals surface area contributed by atoms with Gasteiger partial charge in [0.25, 0.3) is 0 Å². The van der Waals surface area contributed by atoms with Gasteiger partial charge < -0.3 is 19.9 Å². The lowest BCUT2D eigenvalue weighted by Gasteiger charge is -2.25. The molecule has 2 aromatic rings. The van der Waals surface area contributed by atoms with E-state index in [9.17, 15) is 5.11 Å². The standard InChI is InChI=1S/C23H30N4O3/c1-5-19(22(24-4)16-8-12-29-13-9-16)30-18-7-11-26-21(15-18)27-17-6-10-25-20(14-17)23(2,3)28/h5-7,10-11,14-16,28H,8-9,12-13H2,1-4H3,(H,25,26,27)/b19-5+,24-22?. The normalized spacial score (nSPS) is 16.4. The fourth-order valence-corrected chi connectivity index (χ4v) is 3.38. The number of aliphatic imine (C=N–C) groups is 1. The quantitative estimate of drug-likeness (QED) is 0.525. The van der Waals surface area contributed by atoms with E-state index < -0.39 is 5.60 Å². The Morgan fingerprint density at radius 1 is 1.23 bits per heavy atom. The maximum atomic E-state index is 10.2. The average molecular weight is 411 g/mol. The number of pyridine rings is 2. The second kappa shape index (κ2) is 9.82. The Labute approximate surface area is 177 Å². The predicted molar refractivity (Wildman–Crippen MR) is 118 cm³/mol. The van der Waals surface area contributed by atoms with E-state index in [1.54, 1.807) is 39.4 Å². The Balaban J connectivity index is 1.75. The molecule has 0 bridgehead atoms. The van der Waals surface area contributed by atoms with Crippen molar-refractivity contribution in [2.45, 2.75) is 39.2 Å². The highest BCUT2D eigenvalue weighted by Gasteiger charge is 2.23. The number of hydrogen-bond acceptors (Lipinski definition) is 7. The molecule has 1 saturated heterocycles.